The molecule has 41 heavy (non-hydrogen) atoms. The summed E-state index contributed by atoms with van der Waals surface area (Å²) in [6.07, 6.45) is 38.3. The van der Waals surface area contributed by atoms with Gasteiger partial charge in [-0.2, -0.15) is 0 Å². The summed E-state index contributed by atoms with van der Waals surface area (Å²) in [5, 5.41) is 0. The van der Waals surface area contributed by atoms with Crippen molar-refractivity contribution in [2.45, 2.75) is 208 Å². The first-order valence-electron chi connectivity index (χ1n) is 19.1. The van der Waals surface area contributed by atoms with Crippen molar-refractivity contribution in [3.8, 4) is 0 Å². The van der Waals surface area contributed by atoms with Crippen molar-refractivity contribution < 1.29 is 9.32 Å². The molecule has 0 saturated heterocycles. The summed E-state index contributed by atoms with van der Waals surface area (Å²) < 4.78 is 6.97. The predicted octanol–water partition coefficient (Wildman–Crippen LogP) is 13.9. The van der Waals surface area contributed by atoms with Crippen LogP contribution in [0.5, 0.6) is 0 Å². The molecule has 0 aliphatic heterocycles. The molecule has 0 radical (unpaired) electrons. The monoisotopic (exact) mass is 599 g/mol. The van der Waals surface area contributed by atoms with E-state index in [0.717, 1.165) is 12.3 Å². The van der Waals surface area contributed by atoms with E-state index in [1.165, 1.54) is 179 Å². The molecule has 0 bridgehead atoms. The van der Waals surface area contributed by atoms with E-state index in [2.05, 4.69) is 41.5 Å². The Balaban J connectivity index is 4.63. The average molecular weight is 599 g/mol. The Hall–Kier alpha value is -0.100. The fourth-order valence-corrected chi connectivity index (χ4v) is 13.5. The van der Waals surface area contributed by atoms with Gasteiger partial charge in [0.25, 0.3) is 0 Å². The predicted molar refractivity (Wildman–Crippen MR) is 190 cm³/mol. The molecule has 0 spiro atoms. The van der Waals surface area contributed by atoms with Crippen LogP contribution in [-0.2, 0) is 9.32 Å². The van der Waals surface area contributed by atoms with Crippen molar-refractivity contribution in [2.24, 2.45) is 5.92 Å². The van der Waals surface area contributed by atoms with E-state index < -0.39 is 6.83 Å². The fraction of sp³-hybridized carbons (Fsp3) is 0.974. The molecule has 0 N–H and O–H groups in total. The first-order chi connectivity index (χ1) is 19.9. The minimum atomic E-state index is -2.50. The summed E-state index contributed by atoms with van der Waals surface area (Å²) in [5.74, 6) is 1.02. The van der Waals surface area contributed by atoms with E-state index in [1.54, 1.807) is 0 Å². The molecular formula is C38H79O2P. The van der Waals surface area contributed by atoms with Crippen LogP contribution in [0.25, 0.3) is 0 Å². The van der Waals surface area contributed by atoms with Crippen molar-refractivity contribution in [1.82, 2.24) is 0 Å². The molecule has 0 heterocycles. The van der Waals surface area contributed by atoms with Crippen LogP contribution in [0.15, 0.2) is 0 Å². The first kappa shape index (κ1) is 40.9. The Morgan fingerprint density at radius 1 is 0.463 bits per heavy atom. The smallest absolute Gasteiger partial charge is 0.0628 e. The van der Waals surface area contributed by atoms with Gasteiger partial charge >= 0.3 is 216 Å². The fourth-order valence-electron chi connectivity index (χ4n) is 6.74. The van der Waals surface area contributed by atoms with Gasteiger partial charge in [-0.25, -0.2) is 0 Å². The summed E-state index contributed by atoms with van der Waals surface area (Å²) >= 11 is 0. The number of hydrogen-bond donors (Lipinski definition) is 0. The second-order valence-corrected chi connectivity index (χ2v) is 19.9. The molecule has 2 nitrogen and oxygen atoms in total. The summed E-state index contributed by atoms with van der Waals surface area (Å²) in [4.78, 5) is 13.5. The summed E-state index contributed by atoms with van der Waals surface area (Å²) in [5.41, 5.74) is 0. The maximum atomic E-state index is 13.5. The molecule has 3 heteroatoms. The molecule has 248 valence electrons. The maximum absolute atomic E-state index is 13.5. The standard InChI is InChI=1S/C38H79O2P/c1-7-11-15-16-27-30-36-41(33-12-8-2,34-13-9-3,35-14-10-4)40-38(39)32-29-26-24-22-20-18-17-19-21-23-25-28-31-37(5)6/h37H,7-36H2,1-6H3. The van der Waals surface area contributed by atoms with Gasteiger partial charge in [-0.15, -0.1) is 0 Å². The third-order valence-corrected chi connectivity index (χ3v) is 16.1. The van der Waals surface area contributed by atoms with Crippen molar-refractivity contribution in [3.05, 3.63) is 0 Å². The van der Waals surface area contributed by atoms with Gasteiger partial charge in [-0.3, -0.25) is 0 Å². The number of hydrogen-bond acceptors (Lipinski definition) is 2. The van der Waals surface area contributed by atoms with E-state index >= 15 is 0 Å². The SMILES string of the molecule is CCCCCCCCP(CCCC)(CCCC)(CCCC)OC(=O)CCCCCCCCCCCCCCC(C)C. The zero-order valence-corrected chi connectivity index (χ0v) is 30.4. The van der Waals surface area contributed by atoms with Gasteiger partial charge in [0.1, 0.15) is 0 Å². The van der Waals surface area contributed by atoms with Crippen molar-refractivity contribution in [2.75, 3.05) is 24.6 Å². The summed E-state index contributed by atoms with van der Waals surface area (Å²) in [7, 11) is 0. The molecule has 0 aromatic rings. The Kier molecular flexibility index (Phi) is 27.4. The Morgan fingerprint density at radius 2 is 0.805 bits per heavy atom. The Labute approximate surface area is 260 Å². The van der Waals surface area contributed by atoms with Crippen LogP contribution in [0.1, 0.15) is 208 Å². The first-order valence-corrected chi connectivity index (χ1v) is 22.0. The zero-order chi connectivity index (χ0) is 30.5. The number of rotatable bonds is 32. The molecule has 0 rings (SSSR count). The molecule has 0 aliphatic carbocycles. The van der Waals surface area contributed by atoms with Gasteiger partial charge in [0, 0.05) is 0 Å². The van der Waals surface area contributed by atoms with Crippen LogP contribution >= 0.6 is 6.83 Å². The van der Waals surface area contributed by atoms with E-state index in [-0.39, 0.29) is 5.97 Å². The topological polar surface area (TPSA) is 26.3 Å². The van der Waals surface area contributed by atoms with Crippen LogP contribution in [0, 0.1) is 5.92 Å². The minimum Gasteiger partial charge on any atom is -0.0628 e. The quantitative estimate of drug-likeness (QED) is 0.0568. The molecule has 0 fully saturated rings. The van der Waals surface area contributed by atoms with E-state index in [9.17, 15) is 4.79 Å². The van der Waals surface area contributed by atoms with Gasteiger partial charge in [-0.05, 0) is 5.92 Å². The molecule has 0 amide bonds. The molecule has 0 aliphatic rings. The Morgan fingerprint density at radius 3 is 1.22 bits per heavy atom. The van der Waals surface area contributed by atoms with Crippen LogP contribution in [0.4, 0.5) is 0 Å². The van der Waals surface area contributed by atoms with Crippen molar-refractivity contribution >= 4 is 12.8 Å². The molecule has 0 saturated carbocycles. The zero-order valence-electron chi connectivity index (χ0n) is 29.6. The minimum absolute atomic E-state index is 0.158. The number of unbranched alkanes of at least 4 members (excludes halogenated alkanes) is 19. The third kappa shape index (κ3) is 22.1. The molecular weight excluding hydrogens is 519 g/mol. The second kappa shape index (κ2) is 27.4. The van der Waals surface area contributed by atoms with Crippen LogP contribution in [-0.4, -0.2) is 30.6 Å². The summed E-state index contributed by atoms with van der Waals surface area (Å²) in [6.45, 7) is 11.4. The van der Waals surface area contributed by atoms with E-state index in [0.29, 0.717) is 6.42 Å². The molecule has 0 aromatic heterocycles. The normalized spacial score (nSPS) is 13.0. The summed E-state index contributed by atoms with van der Waals surface area (Å²) in [6, 6.07) is 0. The van der Waals surface area contributed by atoms with Crippen molar-refractivity contribution in [1.29, 1.82) is 0 Å². The third-order valence-electron chi connectivity index (χ3n) is 9.58. The number of carbonyl (C=O) groups is 1. The van der Waals surface area contributed by atoms with E-state index in [1.807, 2.05) is 0 Å². The number of carbonyl (C=O) groups excluding carboxylic acids is 1. The van der Waals surface area contributed by atoms with Crippen LogP contribution in [0.2, 0.25) is 0 Å². The molecule has 0 unspecified atom stereocenters. The van der Waals surface area contributed by atoms with Crippen LogP contribution in [0.3, 0.4) is 0 Å². The van der Waals surface area contributed by atoms with Gasteiger partial charge in [0.2, 0.25) is 0 Å². The van der Waals surface area contributed by atoms with Gasteiger partial charge in [0.15, 0.2) is 0 Å². The van der Waals surface area contributed by atoms with Gasteiger partial charge in [0.05, 0.1) is 0 Å². The van der Waals surface area contributed by atoms with Crippen molar-refractivity contribution in [3.63, 3.8) is 0 Å². The van der Waals surface area contributed by atoms with Gasteiger partial charge in [-0.1, -0.05) is 39.5 Å². The second-order valence-electron chi connectivity index (χ2n) is 14.2. The van der Waals surface area contributed by atoms with E-state index in [4.69, 9.17) is 4.52 Å². The molecule has 0 atom stereocenters. The van der Waals surface area contributed by atoms with Gasteiger partial charge < -0.3 is 0 Å². The molecule has 0 aromatic carbocycles. The average Bonchev–Trinajstić information content (AvgIpc) is 2.96. The van der Waals surface area contributed by atoms with Crippen LogP contribution < -0.4 is 0 Å². The Bertz CT molecular complexity index is 548.